The molecule has 0 spiro atoms. The predicted octanol–water partition coefficient (Wildman–Crippen LogP) is 1.63. The molecule has 0 aliphatic carbocycles. The molecule has 0 N–H and O–H groups in total. The predicted molar refractivity (Wildman–Crippen MR) is 70.3 cm³/mol. The second-order valence-corrected chi connectivity index (χ2v) is 7.85. The highest BCUT2D eigenvalue weighted by molar-refractivity contribution is 7.91. The molecule has 1 atom stereocenters. The van der Waals surface area contributed by atoms with Crippen molar-refractivity contribution in [2.24, 2.45) is 0 Å². The third kappa shape index (κ3) is 3.78. The number of nitrogens with zero attached hydrogens (tertiary/aromatic N) is 1. The molecular formula is C11H17NO4S2. The van der Waals surface area contributed by atoms with Crippen LogP contribution in [0.1, 0.15) is 28.9 Å². The Balaban J connectivity index is 2.78. The number of hydrogen-bond acceptors (Lipinski definition) is 6. The van der Waals surface area contributed by atoms with Crippen LogP contribution in [0, 0.1) is 13.8 Å². The summed E-state index contributed by atoms with van der Waals surface area (Å²) >= 11 is 1.38. The Bertz CT molecular complexity index is 514. The van der Waals surface area contributed by atoms with Crippen molar-refractivity contribution in [3.63, 3.8) is 0 Å². The topological polar surface area (TPSA) is 73.3 Å². The van der Waals surface area contributed by atoms with Gasteiger partial charge in [-0.15, -0.1) is 11.3 Å². The van der Waals surface area contributed by atoms with Crippen molar-refractivity contribution in [3.05, 3.63) is 15.6 Å². The van der Waals surface area contributed by atoms with E-state index in [9.17, 15) is 13.2 Å². The molecule has 0 radical (unpaired) electrons. The van der Waals surface area contributed by atoms with Gasteiger partial charge in [-0.05, 0) is 20.8 Å². The average Bonchev–Trinajstić information content (AvgIpc) is 2.56. The van der Waals surface area contributed by atoms with Gasteiger partial charge in [-0.1, -0.05) is 0 Å². The van der Waals surface area contributed by atoms with Crippen molar-refractivity contribution in [1.82, 2.24) is 4.98 Å². The average molecular weight is 291 g/mol. The molecular weight excluding hydrogens is 274 g/mol. The lowest BCUT2D eigenvalue weighted by Gasteiger charge is -2.10. The lowest BCUT2D eigenvalue weighted by molar-refractivity contribution is -0.140. The van der Waals surface area contributed by atoms with Crippen LogP contribution >= 0.6 is 11.3 Å². The second kappa shape index (κ2) is 5.79. The van der Waals surface area contributed by atoms with Gasteiger partial charge in [0.1, 0.15) is 10.8 Å². The molecule has 0 fully saturated rings. The van der Waals surface area contributed by atoms with Gasteiger partial charge in [0.25, 0.3) is 0 Å². The van der Waals surface area contributed by atoms with Gasteiger partial charge in [-0.25, -0.2) is 13.4 Å². The summed E-state index contributed by atoms with van der Waals surface area (Å²) in [4.78, 5) is 16.3. The first kappa shape index (κ1) is 15.1. The van der Waals surface area contributed by atoms with E-state index in [-0.39, 0.29) is 12.2 Å². The summed E-state index contributed by atoms with van der Waals surface area (Å²) in [5, 5.41) is -0.184. The molecule has 102 valence electrons. The van der Waals surface area contributed by atoms with E-state index < -0.39 is 21.1 Å². The molecule has 0 aliphatic rings. The highest BCUT2D eigenvalue weighted by Gasteiger charge is 2.25. The standard InChI is InChI=1S/C11H17NO4S2/c1-7(5-11(13)16-4)18(14,15)6-10-12-8(2)9(3)17-10/h7H,5-6H2,1-4H3. The van der Waals surface area contributed by atoms with Crippen LogP contribution in [-0.4, -0.2) is 31.7 Å². The maximum atomic E-state index is 12.0. The molecule has 0 saturated heterocycles. The van der Waals surface area contributed by atoms with Gasteiger partial charge >= 0.3 is 5.97 Å². The largest absolute Gasteiger partial charge is 0.469 e. The van der Waals surface area contributed by atoms with E-state index in [0.717, 1.165) is 10.6 Å². The number of carbonyl (C=O) groups excluding carboxylic acids is 1. The number of sulfone groups is 1. The lowest BCUT2D eigenvalue weighted by atomic mass is 10.3. The Morgan fingerprint density at radius 2 is 2.06 bits per heavy atom. The molecule has 0 aromatic carbocycles. The van der Waals surface area contributed by atoms with Gasteiger partial charge in [0.2, 0.25) is 0 Å². The fourth-order valence-corrected chi connectivity index (χ4v) is 3.90. The van der Waals surface area contributed by atoms with Crippen molar-refractivity contribution < 1.29 is 17.9 Å². The molecule has 5 nitrogen and oxygen atoms in total. The zero-order valence-electron chi connectivity index (χ0n) is 10.9. The van der Waals surface area contributed by atoms with Crippen molar-refractivity contribution in [3.8, 4) is 0 Å². The van der Waals surface area contributed by atoms with E-state index in [1.165, 1.54) is 25.4 Å². The number of esters is 1. The number of thiazole rings is 1. The van der Waals surface area contributed by atoms with E-state index in [1.807, 2.05) is 13.8 Å². The molecule has 1 unspecified atom stereocenters. The van der Waals surface area contributed by atoms with E-state index in [0.29, 0.717) is 5.01 Å². The summed E-state index contributed by atoms with van der Waals surface area (Å²) in [5.74, 6) is -0.637. The van der Waals surface area contributed by atoms with Crippen LogP contribution in [-0.2, 0) is 25.1 Å². The summed E-state index contributed by atoms with van der Waals surface area (Å²) in [5.41, 5.74) is 0.853. The van der Waals surface area contributed by atoms with Crippen LogP contribution in [0.3, 0.4) is 0 Å². The van der Waals surface area contributed by atoms with E-state index in [2.05, 4.69) is 9.72 Å². The molecule has 7 heteroatoms. The number of rotatable bonds is 5. The summed E-state index contributed by atoms with van der Waals surface area (Å²) < 4.78 is 28.5. The smallest absolute Gasteiger partial charge is 0.306 e. The minimum atomic E-state index is -3.37. The number of methoxy groups -OCH3 is 1. The van der Waals surface area contributed by atoms with Crippen molar-refractivity contribution in [2.75, 3.05) is 7.11 Å². The number of aromatic nitrogens is 1. The summed E-state index contributed by atoms with van der Waals surface area (Å²) in [7, 11) is -2.13. The molecule has 0 saturated carbocycles. The Hall–Kier alpha value is -0.950. The first-order valence-electron chi connectivity index (χ1n) is 5.47. The molecule has 1 rings (SSSR count). The van der Waals surface area contributed by atoms with Gasteiger partial charge < -0.3 is 4.74 Å². The van der Waals surface area contributed by atoms with Crippen molar-refractivity contribution in [1.29, 1.82) is 0 Å². The minimum Gasteiger partial charge on any atom is -0.469 e. The van der Waals surface area contributed by atoms with Gasteiger partial charge in [-0.3, -0.25) is 4.79 Å². The van der Waals surface area contributed by atoms with E-state index >= 15 is 0 Å². The van der Waals surface area contributed by atoms with Crippen LogP contribution in [0.5, 0.6) is 0 Å². The van der Waals surface area contributed by atoms with Gasteiger partial charge in [0, 0.05) is 4.88 Å². The number of aryl methyl sites for hydroxylation is 2. The third-order valence-electron chi connectivity index (χ3n) is 2.69. The molecule has 1 heterocycles. The lowest BCUT2D eigenvalue weighted by Crippen LogP contribution is -2.23. The maximum Gasteiger partial charge on any atom is 0.306 e. The van der Waals surface area contributed by atoms with Gasteiger partial charge in [0.05, 0.1) is 24.5 Å². The quantitative estimate of drug-likeness (QED) is 0.771. The second-order valence-electron chi connectivity index (χ2n) is 4.15. The molecule has 0 aliphatic heterocycles. The Labute approximate surface area is 111 Å². The third-order valence-corrected chi connectivity index (χ3v) is 6.02. The molecule has 1 aromatic rings. The fraction of sp³-hybridized carbons (Fsp3) is 0.636. The van der Waals surface area contributed by atoms with Crippen LogP contribution < -0.4 is 0 Å². The highest BCUT2D eigenvalue weighted by atomic mass is 32.2. The van der Waals surface area contributed by atoms with Crippen molar-refractivity contribution in [2.45, 2.75) is 38.2 Å². The highest BCUT2D eigenvalue weighted by Crippen LogP contribution is 2.21. The van der Waals surface area contributed by atoms with Gasteiger partial charge in [-0.2, -0.15) is 0 Å². The Morgan fingerprint density at radius 1 is 1.44 bits per heavy atom. The number of hydrogen-bond donors (Lipinski definition) is 0. The van der Waals surface area contributed by atoms with Crippen molar-refractivity contribution >= 4 is 27.1 Å². The fourth-order valence-electron chi connectivity index (χ4n) is 1.36. The SMILES string of the molecule is COC(=O)CC(C)S(=O)(=O)Cc1nc(C)c(C)s1. The Kier molecular flexibility index (Phi) is 4.86. The van der Waals surface area contributed by atoms with Gasteiger partial charge in [0.15, 0.2) is 9.84 Å². The number of carbonyl (C=O) groups is 1. The Morgan fingerprint density at radius 3 is 2.50 bits per heavy atom. The minimum absolute atomic E-state index is 0.121. The molecule has 18 heavy (non-hydrogen) atoms. The first-order chi connectivity index (χ1) is 8.26. The van der Waals surface area contributed by atoms with Crippen LogP contribution in [0.15, 0.2) is 0 Å². The van der Waals surface area contributed by atoms with Crippen LogP contribution in [0.25, 0.3) is 0 Å². The normalized spacial score (nSPS) is 13.3. The summed E-state index contributed by atoms with van der Waals surface area (Å²) in [6.45, 7) is 5.26. The molecule has 0 bridgehead atoms. The summed E-state index contributed by atoms with van der Waals surface area (Å²) in [6.07, 6.45) is -0.123. The van der Waals surface area contributed by atoms with E-state index in [4.69, 9.17) is 0 Å². The maximum absolute atomic E-state index is 12.0. The summed E-state index contributed by atoms with van der Waals surface area (Å²) in [6, 6.07) is 0. The molecule has 1 aromatic heterocycles. The first-order valence-corrected chi connectivity index (χ1v) is 8.00. The van der Waals surface area contributed by atoms with Crippen LogP contribution in [0.4, 0.5) is 0 Å². The number of ether oxygens (including phenoxy) is 1. The van der Waals surface area contributed by atoms with Crippen LogP contribution in [0.2, 0.25) is 0 Å². The zero-order chi connectivity index (χ0) is 13.9. The monoisotopic (exact) mass is 291 g/mol. The van der Waals surface area contributed by atoms with E-state index in [1.54, 1.807) is 0 Å². The molecule has 0 amide bonds. The zero-order valence-corrected chi connectivity index (χ0v) is 12.5.